The predicted molar refractivity (Wildman–Crippen MR) is 115 cm³/mol. The van der Waals surface area contributed by atoms with E-state index in [1.54, 1.807) is 0 Å². The summed E-state index contributed by atoms with van der Waals surface area (Å²) in [4.78, 5) is 24.2. The minimum absolute atomic E-state index is 0.00526. The molecule has 0 aromatic heterocycles. The fourth-order valence-corrected chi connectivity index (χ4v) is 3.96. The van der Waals surface area contributed by atoms with Gasteiger partial charge in [0, 0.05) is 6.61 Å². The molecule has 0 N–H and O–H groups in total. The number of carbonyl (C=O) groups is 2. The van der Waals surface area contributed by atoms with E-state index in [-0.39, 0.29) is 42.8 Å². The summed E-state index contributed by atoms with van der Waals surface area (Å²) < 4.78 is 22.6. The first-order valence-electron chi connectivity index (χ1n) is 12.0. The number of rotatable bonds is 11. The Morgan fingerprint density at radius 3 is 1.97 bits per heavy atom. The summed E-state index contributed by atoms with van der Waals surface area (Å²) in [5, 5.41) is 0. The Balaban J connectivity index is 1.58. The molecule has 0 amide bonds. The van der Waals surface area contributed by atoms with E-state index in [2.05, 4.69) is 13.8 Å². The van der Waals surface area contributed by atoms with Crippen LogP contribution in [0.15, 0.2) is 0 Å². The smallest absolute Gasteiger partial charge is 0.310 e. The highest BCUT2D eigenvalue weighted by Crippen LogP contribution is 2.30. The molecule has 2 fully saturated rings. The zero-order valence-electron chi connectivity index (χ0n) is 19.4. The van der Waals surface area contributed by atoms with Crippen molar-refractivity contribution < 1.29 is 28.5 Å². The van der Waals surface area contributed by atoms with Crippen molar-refractivity contribution >= 4 is 11.9 Å². The molecule has 2 aliphatic carbocycles. The van der Waals surface area contributed by atoms with Gasteiger partial charge >= 0.3 is 11.9 Å². The van der Waals surface area contributed by atoms with E-state index in [0.717, 1.165) is 70.8 Å². The molecule has 0 spiro atoms. The van der Waals surface area contributed by atoms with Crippen LogP contribution in [0.2, 0.25) is 0 Å². The number of hydrogen-bond donors (Lipinski definition) is 0. The third kappa shape index (κ3) is 8.54. The van der Waals surface area contributed by atoms with Gasteiger partial charge in [-0.15, -0.1) is 0 Å². The first kappa shape index (κ1) is 25.1. The molecular weight excluding hydrogens is 384 g/mol. The van der Waals surface area contributed by atoms with Crippen molar-refractivity contribution in [2.24, 2.45) is 17.8 Å². The first-order chi connectivity index (χ1) is 14.4. The average Bonchev–Trinajstić information content (AvgIpc) is 2.78. The van der Waals surface area contributed by atoms with Crippen molar-refractivity contribution in [2.45, 2.75) is 110 Å². The van der Waals surface area contributed by atoms with Gasteiger partial charge in [-0.25, -0.2) is 0 Å². The molecule has 6 heteroatoms. The van der Waals surface area contributed by atoms with E-state index in [1.165, 1.54) is 0 Å². The van der Waals surface area contributed by atoms with Crippen LogP contribution in [0.4, 0.5) is 0 Å². The molecule has 2 unspecified atom stereocenters. The summed E-state index contributed by atoms with van der Waals surface area (Å²) in [6.45, 7) is 9.05. The SMILES string of the molecule is CCC(C)COC1CCC(OC(=O)C2CCC(OCOC(=O)C(C)CC)CC2)CC1. The van der Waals surface area contributed by atoms with Gasteiger partial charge < -0.3 is 18.9 Å². The van der Waals surface area contributed by atoms with Gasteiger partial charge in [0.05, 0.1) is 24.0 Å². The van der Waals surface area contributed by atoms with Gasteiger partial charge in [0.25, 0.3) is 0 Å². The summed E-state index contributed by atoms with van der Waals surface area (Å²) in [5.74, 6) is 0.203. The van der Waals surface area contributed by atoms with Gasteiger partial charge in [0.2, 0.25) is 0 Å². The van der Waals surface area contributed by atoms with Crippen LogP contribution in [0.3, 0.4) is 0 Å². The third-order valence-electron chi connectivity index (χ3n) is 6.74. The molecule has 0 aromatic rings. The summed E-state index contributed by atoms with van der Waals surface area (Å²) in [5.41, 5.74) is 0. The Hall–Kier alpha value is -1.14. The van der Waals surface area contributed by atoms with Crippen LogP contribution in [0.5, 0.6) is 0 Å². The number of hydrogen-bond acceptors (Lipinski definition) is 6. The minimum atomic E-state index is -0.213. The number of carbonyl (C=O) groups excluding carboxylic acids is 2. The Morgan fingerprint density at radius 1 is 0.800 bits per heavy atom. The van der Waals surface area contributed by atoms with Crippen LogP contribution in [0.25, 0.3) is 0 Å². The van der Waals surface area contributed by atoms with Crippen LogP contribution in [0, 0.1) is 17.8 Å². The van der Waals surface area contributed by atoms with E-state index in [1.807, 2.05) is 13.8 Å². The predicted octanol–water partition coefficient (Wildman–Crippen LogP) is 5.03. The van der Waals surface area contributed by atoms with E-state index in [4.69, 9.17) is 18.9 Å². The van der Waals surface area contributed by atoms with E-state index in [0.29, 0.717) is 12.0 Å². The summed E-state index contributed by atoms with van der Waals surface area (Å²) in [6, 6.07) is 0. The molecule has 30 heavy (non-hydrogen) atoms. The largest absolute Gasteiger partial charge is 0.462 e. The summed E-state index contributed by atoms with van der Waals surface area (Å²) in [7, 11) is 0. The van der Waals surface area contributed by atoms with Gasteiger partial charge in [-0.3, -0.25) is 9.59 Å². The van der Waals surface area contributed by atoms with Crippen molar-refractivity contribution in [3.05, 3.63) is 0 Å². The average molecular weight is 427 g/mol. The van der Waals surface area contributed by atoms with Gasteiger partial charge in [-0.2, -0.15) is 0 Å². The highest BCUT2D eigenvalue weighted by molar-refractivity contribution is 5.72. The monoisotopic (exact) mass is 426 g/mol. The van der Waals surface area contributed by atoms with Gasteiger partial charge in [0.15, 0.2) is 6.79 Å². The maximum Gasteiger partial charge on any atom is 0.310 e. The van der Waals surface area contributed by atoms with Crippen LogP contribution >= 0.6 is 0 Å². The molecule has 2 rings (SSSR count). The fraction of sp³-hybridized carbons (Fsp3) is 0.917. The topological polar surface area (TPSA) is 71.1 Å². The van der Waals surface area contributed by atoms with Crippen molar-refractivity contribution in [3.63, 3.8) is 0 Å². The number of esters is 2. The molecule has 0 heterocycles. The number of ether oxygens (including phenoxy) is 4. The Labute approximate surface area is 182 Å². The Kier molecular flexibility index (Phi) is 11.1. The molecule has 2 saturated carbocycles. The van der Waals surface area contributed by atoms with Crippen molar-refractivity contribution in [1.82, 2.24) is 0 Å². The zero-order valence-corrected chi connectivity index (χ0v) is 19.4. The molecule has 2 aliphatic rings. The summed E-state index contributed by atoms with van der Waals surface area (Å²) in [6.07, 6.45) is 9.22. The third-order valence-corrected chi connectivity index (χ3v) is 6.74. The van der Waals surface area contributed by atoms with Crippen LogP contribution < -0.4 is 0 Å². The lowest BCUT2D eigenvalue weighted by atomic mass is 9.87. The molecule has 0 aliphatic heterocycles. The molecular formula is C24H42O6. The highest BCUT2D eigenvalue weighted by atomic mass is 16.7. The van der Waals surface area contributed by atoms with Gasteiger partial charge in [0.1, 0.15) is 6.10 Å². The molecule has 0 aromatic carbocycles. The summed E-state index contributed by atoms with van der Waals surface area (Å²) >= 11 is 0. The van der Waals surface area contributed by atoms with E-state index in [9.17, 15) is 9.59 Å². The second-order valence-corrected chi connectivity index (χ2v) is 9.21. The Bertz CT molecular complexity index is 506. The molecule has 0 radical (unpaired) electrons. The van der Waals surface area contributed by atoms with Crippen LogP contribution in [0.1, 0.15) is 91.9 Å². The van der Waals surface area contributed by atoms with Gasteiger partial charge in [-0.05, 0) is 63.7 Å². The molecule has 0 bridgehead atoms. The maximum absolute atomic E-state index is 12.6. The standard InChI is InChI=1S/C24H42O6/c1-5-17(3)15-27-20-11-13-22(14-12-20)30-24(26)19-7-9-21(10-8-19)28-16-29-23(25)18(4)6-2/h17-22H,5-16H2,1-4H3. The zero-order chi connectivity index (χ0) is 21.9. The quantitative estimate of drug-likeness (QED) is 0.341. The highest BCUT2D eigenvalue weighted by Gasteiger charge is 2.31. The van der Waals surface area contributed by atoms with Crippen molar-refractivity contribution in [3.8, 4) is 0 Å². The fourth-order valence-electron chi connectivity index (χ4n) is 3.96. The minimum Gasteiger partial charge on any atom is -0.462 e. The second-order valence-electron chi connectivity index (χ2n) is 9.21. The van der Waals surface area contributed by atoms with E-state index >= 15 is 0 Å². The first-order valence-corrected chi connectivity index (χ1v) is 12.0. The normalized spacial score (nSPS) is 29.1. The van der Waals surface area contributed by atoms with Crippen molar-refractivity contribution in [1.29, 1.82) is 0 Å². The van der Waals surface area contributed by atoms with E-state index < -0.39 is 0 Å². The molecule has 6 nitrogen and oxygen atoms in total. The lowest BCUT2D eigenvalue weighted by Crippen LogP contribution is -2.33. The Morgan fingerprint density at radius 2 is 1.37 bits per heavy atom. The maximum atomic E-state index is 12.6. The van der Waals surface area contributed by atoms with Crippen LogP contribution in [-0.2, 0) is 28.5 Å². The lowest BCUT2D eigenvalue weighted by molar-refractivity contribution is -0.168. The molecule has 0 saturated heterocycles. The second kappa shape index (κ2) is 13.3. The molecule has 2 atom stereocenters. The van der Waals surface area contributed by atoms with Crippen LogP contribution in [-0.4, -0.2) is 43.7 Å². The van der Waals surface area contributed by atoms with Crippen molar-refractivity contribution in [2.75, 3.05) is 13.4 Å². The lowest BCUT2D eigenvalue weighted by Gasteiger charge is -2.31. The molecule has 174 valence electrons. The van der Waals surface area contributed by atoms with Gasteiger partial charge in [-0.1, -0.05) is 34.1 Å².